The summed E-state index contributed by atoms with van der Waals surface area (Å²) in [5.41, 5.74) is 1.94. The maximum absolute atomic E-state index is 12.8. The zero-order valence-corrected chi connectivity index (χ0v) is 12.3. The van der Waals surface area contributed by atoms with Gasteiger partial charge in [-0.25, -0.2) is 0 Å². The molecule has 1 aliphatic rings. The Morgan fingerprint density at radius 3 is 2.70 bits per heavy atom. The van der Waals surface area contributed by atoms with Gasteiger partial charge in [-0.2, -0.15) is 0 Å². The summed E-state index contributed by atoms with van der Waals surface area (Å²) >= 11 is 0. The summed E-state index contributed by atoms with van der Waals surface area (Å²) in [7, 11) is 0. The van der Waals surface area contributed by atoms with Crippen LogP contribution in [0.15, 0.2) is 65.2 Å². The summed E-state index contributed by atoms with van der Waals surface area (Å²) in [5, 5.41) is 3.93. The van der Waals surface area contributed by atoms with Crippen molar-refractivity contribution in [1.82, 2.24) is 5.16 Å². The molecule has 0 saturated carbocycles. The molecule has 0 unspecified atom stereocenters. The number of ether oxygens (including phenoxy) is 1. The van der Waals surface area contributed by atoms with Gasteiger partial charge in [0, 0.05) is 11.6 Å². The number of benzene rings is 2. The number of fused-ring (bicyclic) bond motifs is 1. The highest BCUT2D eigenvalue weighted by Crippen LogP contribution is 2.32. The number of hydrogen-bond acceptors (Lipinski definition) is 4. The van der Waals surface area contributed by atoms with Crippen molar-refractivity contribution in [3.8, 4) is 17.1 Å². The first-order valence-corrected chi connectivity index (χ1v) is 7.39. The molecule has 2 aromatic carbocycles. The second-order valence-corrected chi connectivity index (χ2v) is 5.22. The molecule has 0 fully saturated rings. The zero-order chi connectivity index (χ0) is 15.6. The van der Waals surface area contributed by atoms with Gasteiger partial charge in [-0.05, 0) is 12.1 Å². The normalized spacial score (nSPS) is 13.3. The second-order valence-electron chi connectivity index (χ2n) is 5.22. The van der Waals surface area contributed by atoms with Crippen molar-refractivity contribution in [2.45, 2.75) is 0 Å². The van der Waals surface area contributed by atoms with E-state index in [0.717, 1.165) is 11.3 Å². The van der Waals surface area contributed by atoms with Crippen LogP contribution in [0.3, 0.4) is 0 Å². The van der Waals surface area contributed by atoms with Gasteiger partial charge in [0.2, 0.25) is 0 Å². The van der Waals surface area contributed by atoms with E-state index in [9.17, 15) is 4.79 Å². The fraction of sp³-hybridized carbons (Fsp3) is 0.111. The minimum atomic E-state index is -0.188. The predicted molar refractivity (Wildman–Crippen MR) is 85.6 cm³/mol. The van der Waals surface area contributed by atoms with Gasteiger partial charge < -0.3 is 9.26 Å². The van der Waals surface area contributed by atoms with Crippen LogP contribution in [-0.4, -0.2) is 24.2 Å². The van der Waals surface area contributed by atoms with Crippen LogP contribution >= 0.6 is 0 Å². The van der Waals surface area contributed by atoms with Crippen LogP contribution in [0.25, 0.3) is 11.3 Å². The molecule has 0 N–H and O–H groups in total. The largest absolute Gasteiger partial charge is 0.490 e. The van der Waals surface area contributed by atoms with Gasteiger partial charge in [-0.1, -0.05) is 47.6 Å². The molecule has 1 amide bonds. The topological polar surface area (TPSA) is 55.6 Å². The van der Waals surface area contributed by atoms with E-state index < -0.39 is 0 Å². The molecule has 114 valence electrons. The third kappa shape index (κ3) is 2.46. The zero-order valence-electron chi connectivity index (χ0n) is 12.3. The van der Waals surface area contributed by atoms with Crippen LogP contribution in [0.1, 0.15) is 10.5 Å². The highest BCUT2D eigenvalue weighted by Gasteiger charge is 2.26. The Morgan fingerprint density at radius 1 is 1.04 bits per heavy atom. The highest BCUT2D eigenvalue weighted by atomic mass is 16.5. The maximum atomic E-state index is 12.8. The van der Waals surface area contributed by atoms with Crippen LogP contribution < -0.4 is 9.64 Å². The van der Waals surface area contributed by atoms with Crippen LogP contribution in [0.5, 0.6) is 5.75 Å². The molecule has 23 heavy (non-hydrogen) atoms. The molecule has 1 aromatic heterocycles. The van der Waals surface area contributed by atoms with Crippen molar-refractivity contribution in [3.63, 3.8) is 0 Å². The lowest BCUT2D eigenvalue weighted by molar-refractivity contribution is 0.0968. The summed E-state index contributed by atoms with van der Waals surface area (Å²) in [6.45, 7) is 0.954. The van der Waals surface area contributed by atoms with Gasteiger partial charge in [-0.15, -0.1) is 0 Å². The van der Waals surface area contributed by atoms with Crippen LogP contribution in [-0.2, 0) is 0 Å². The molecular formula is C18H14N2O3. The third-order valence-corrected chi connectivity index (χ3v) is 3.76. The quantitative estimate of drug-likeness (QED) is 0.728. The summed E-state index contributed by atoms with van der Waals surface area (Å²) < 4.78 is 10.9. The molecule has 2 heterocycles. The highest BCUT2D eigenvalue weighted by molar-refractivity contribution is 6.06. The lowest BCUT2D eigenvalue weighted by atomic mass is 10.1. The Balaban J connectivity index is 1.65. The lowest BCUT2D eigenvalue weighted by Crippen LogP contribution is -2.38. The number of nitrogens with zero attached hydrogens (tertiary/aromatic N) is 2. The Kier molecular flexibility index (Phi) is 3.31. The fourth-order valence-corrected chi connectivity index (χ4v) is 2.63. The van der Waals surface area contributed by atoms with Gasteiger partial charge in [0.15, 0.2) is 11.5 Å². The lowest BCUT2D eigenvalue weighted by Gasteiger charge is -2.28. The molecule has 4 rings (SSSR count). The Labute approximate surface area is 133 Å². The van der Waals surface area contributed by atoms with Gasteiger partial charge in [0.25, 0.3) is 5.91 Å². The molecule has 0 radical (unpaired) electrons. The molecule has 0 atom stereocenters. The first-order chi connectivity index (χ1) is 11.3. The van der Waals surface area contributed by atoms with Crippen molar-refractivity contribution in [2.24, 2.45) is 0 Å². The van der Waals surface area contributed by atoms with E-state index in [2.05, 4.69) is 5.16 Å². The number of hydrogen-bond donors (Lipinski definition) is 0. The van der Waals surface area contributed by atoms with E-state index in [-0.39, 0.29) is 5.91 Å². The molecule has 0 saturated heterocycles. The molecule has 0 bridgehead atoms. The van der Waals surface area contributed by atoms with Crippen molar-refractivity contribution >= 4 is 11.6 Å². The molecule has 5 heteroatoms. The Bertz CT molecular complexity index is 842. The molecule has 3 aromatic rings. The number of aromatic nitrogens is 1. The number of rotatable bonds is 2. The van der Waals surface area contributed by atoms with Gasteiger partial charge in [-0.3, -0.25) is 9.69 Å². The SMILES string of the molecule is O=C(c1cc(-c2ccccc2)on1)N1CCOc2ccccc21. The predicted octanol–water partition coefficient (Wildman–Crippen LogP) is 3.38. The van der Waals surface area contributed by atoms with Crippen molar-refractivity contribution in [3.05, 3.63) is 66.4 Å². The molecule has 0 aliphatic carbocycles. The summed E-state index contributed by atoms with van der Waals surface area (Å²) in [4.78, 5) is 14.4. The van der Waals surface area contributed by atoms with Crippen molar-refractivity contribution < 1.29 is 14.1 Å². The number of amides is 1. The van der Waals surface area contributed by atoms with Gasteiger partial charge in [0.05, 0.1) is 12.2 Å². The molecule has 5 nitrogen and oxygen atoms in total. The Morgan fingerprint density at radius 2 is 1.83 bits per heavy atom. The monoisotopic (exact) mass is 306 g/mol. The van der Waals surface area contributed by atoms with Gasteiger partial charge >= 0.3 is 0 Å². The van der Waals surface area contributed by atoms with E-state index in [1.165, 1.54) is 0 Å². The summed E-state index contributed by atoms with van der Waals surface area (Å²) in [6, 6.07) is 18.7. The van der Waals surface area contributed by atoms with Crippen molar-refractivity contribution in [2.75, 3.05) is 18.1 Å². The van der Waals surface area contributed by atoms with Crippen LogP contribution in [0, 0.1) is 0 Å². The van der Waals surface area contributed by atoms with E-state index >= 15 is 0 Å². The summed E-state index contributed by atoms with van der Waals surface area (Å²) in [5.74, 6) is 1.10. The van der Waals surface area contributed by atoms with Crippen LogP contribution in [0.2, 0.25) is 0 Å². The van der Waals surface area contributed by atoms with Gasteiger partial charge in [0.1, 0.15) is 12.4 Å². The van der Waals surface area contributed by atoms with E-state index in [0.29, 0.717) is 30.4 Å². The first-order valence-electron chi connectivity index (χ1n) is 7.39. The smallest absolute Gasteiger partial charge is 0.280 e. The van der Waals surface area contributed by atoms with E-state index in [1.54, 1.807) is 11.0 Å². The average Bonchev–Trinajstić information content (AvgIpc) is 3.11. The number of carbonyl (C=O) groups excluding carboxylic acids is 1. The minimum Gasteiger partial charge on any atom is -0.490 e. The third-order valence-electron chi connectivity index (χ3n) is 3.76. The molecule has 0 spiro atoms. The molecular weight excluding hydrogens is 292 g/mol. The Hall–Kier alpha value is -3.08. The minimum absolute atomic E-state index is 0.188. The molecule has 1 aliphatic heterocycles. The summed E-state index contributed by atoms with van der Waals surface area (Å²) in [6.07, 6.45) is 0. The average molecular weight is 306 g/mol. The van der Waals surface area contributed by atoms with E-state index in [4.69, 9.17) is 9.26 Å². The number of para-hydroxylation sites is 2. The van der Waals surface area contributed by atoms with Crippen LogP contribution in [0.4, 0.5) is 5.69 Å². The van der Waals surface area contributed by atoms with E-state index in [1.807, 2.05) is 54.6 Å². The number of anilines is 1. The fourth-order valence-electron chi connectivity index (χ4n) is 2.63. The maximum Gasteiger partial charge on any atom is 0.280 e. The second kappa shape index (κ2) is 5.61. The van der Waals surface area contributed by atoms with Crippen molar-refractivity contribution in [1.29, 1.82) is 0 Å². The number of carbonyl (C=O) groups is 1. The first kappa shape index (κ1) is 13.6. The standard InChI is InChI=1S/C18H14N2O3/c21-18(20-10-11-22-16-9-5-4-8-15(16)20)14-12-17(23-19-14)13-6-2-1-3-7-13/h1-9,12H,10-11H2.